The maximum Gasteiger partial charge on any atom is 0.0597 e. The van der Waals surface area contributed by atoms with Gasteiger partial charge in [0, 0.05) is 31.7 Å². The zero-order chi connectivity index (χ0) is 14.9. The predicted molar refractivity (Wildman–Crippen MR) is 86.3 cm³/mol. The molecule has 1 saturated carbocycles. The SMILES string of the molecule is Cc1cc(CN2CC3(CCCCC3)NCCC2C)n(C)n1. The van der Waals surface area contributed by atoms with Crippen molar-refractivity contribution >= 4 is 0 Å². The van der Waals surface area contributed by atoms with Gasteiger partial charge in [-0.15, -0.1) is 0 Å². The minimum Gasteiger partial charge on any atom is -0.310 e. The monoisotopic (exact) mass is 290 g/mol. The zero-order valence-corrected chi connectivity index (χ0v) is 13.9. The van der Waals surface area contributed by atoms with Crippen LogP contribution in [-0.2, 0) is 13.6 Å². The lowest BCUT2D eigenvalue weighted by atomic mass is 9.81. The molecule has 1 atom stereocenters. The number of aromatic nitrogens is 2. The van der Waals surface area contributed by atoms with E-state index in [1.807, 2.05) is 4.68 Å². The zero-order valence-electron chi connectivity index (χ0n) is 13.9. The van der Waals surface area contributed by atoms with Crippen molar-refractivity contribution in [3.05, 3.63) is 17.5 Å². The van der Waals surface area contributed by atoms with E-state index >= 15 is 0 Å². The first-order chi connectivity index (χ1) is 10.1. The second-order valence-electron chi connectivity index (χ2n) is 7.21. The second kappa shape index (κ2) is 6.09. The quantitative estimate of drug-likeness (QED) is 0.909. The number of hydrogen-bond acceptors (Lipinski definition) is 3. The Morgan fingerprint density at radius 3 is 2.76 bits per heavy atom. The van der Waals surface area contributed by atoms with Crippen LogP contribution in [0.5, 0.6) is 0 Å². The van der Waals surface area contributed by atoms with Crippen LogP contribution in [0.15, 0.2) is 6.07 Å². The van der Waals surface area contributed by atoms with Gasteiger partial charge in [0.25, 0.3) is 0 Å². The molecule has 2 fully saturated rings. The molecule has 1 aromatic heterocycles. The molecule has 1 N–H and O–H groups in total. The summed E-state index contributed by atoms with van der Waals surface area (Å²) in [5.74, 6) is 0. The smallest absolute Gasteiger partial charge is 0.0597 e. The lowest BCUT2D eigenvalue weighted by Gasteiger charge is -2.41. The molecule has 1 unspecified atom stereocenters. The van der Waals surface area contributed by atoms with E-state index in [0.717, 1.165) is 12.2 Å². The molecule has 2 heterocycles. The fourth-order valence-electron chi connectivity index (χ4n) is 4.12. The summed E-state index contributed by atoms with van der Waals surface area (Å²) in [4.78, 5) is 2.68. The standard InChI is InChI=1S/C17H30N4/c1-14-11-16(20(3)19-14)12-21-13-17(8-5-4-6-9-17)18-10-7-15(21)2/h11,15,18H,4-10,12-13H2,1-3H3. The highest BCUT2D eigenvalue weighted by Gasteiger charge is 2.36. The summed E-state index contributed by atoms with van der Waals surface area (Å²) < 4.78 is 2.05. The maximum absolute atomic E-state index is 4.50. The fourth-order valence-corrected chi connectivity index (χ4v) is 4.12. The Kier molecular flexibility index (Phi) is 4.36. The fraction of sp³-hybridized carbons (Fsp3) is 0.824. The Labute approximate surface area is 128 Å². The number of hydrogen-bond donors (Lipinski definition) is 1. The van der Waals surface area contributed by atoms with Gasteiger partial charge in [-0.3, -0.25) is 9.58 Å². The third-order valence-electron chi connectivity index (χ3n) is 5.47. The molecular formula is C17H30N4. The van der Waals surface area contributed by atoms with Gasteiger partial charge in [0.05, 0.1) is 11.4 Å². The van der Waals surface area contributed by atoms with Crippen molar-refractivity contribution in [3.8, 4) is 0 Å². The third-order valence-corrected chi connectivity index (χ3v) is 5.47. The molecule has 0 radical (unpaired) electrons. The van der Waals surface area contributed by atoms with E-state index in [1.54, 1.807) is 0 Å². The highest BCUT2D eigenvalue weighted by Crippen LogP contribution is 2.32. The van der Waals surface area contributed by atoms with E-state index in [1.165, 1.54) is 57.3 Å². The molecule has 0 aromatic carbocycles. The highest BCUT2D eigenvalue weighted by atomic mass is 15.3. The molecule has 1 aliphatic carbocycles. The summed E-state index contributed by atoms with van der Waals surface area (Å²) in [6.45, 7) is 7.86. The molecule has 4 nitrogen and oxygen atoms in total. The van der Waals surface area contributed by atoms with E-state index in [2.05, 4.69) is 42.3 Å². The molecule has 4 heteroatoms. The van der Waals surface area contributed by atoms with Gasteiger partial charge in [0.15, 0.2) is 0 Å². The minimum atomic E-state index is 0.372. The molecule has 1 saturated heterocycles. The summed E-state index contributed by atoms with van der Waals surface area (Å²) >= 11 is 0. The van der Waals surface area contributed by atoms with Crippen molar-refractivity contribution in [1.29, 1.82) is 0 Å². The van der Waals surface area contributed by atoms with E-state index in [-0.39, 0.29) is 0 Å². The van der Waals surface area contributed by atoms with Gasteiger partial charge >= 0.3 is 0 Å². The number of rotatable bonds is 2. The maximum atomic E-state index is 4.50. The van der Waals surface area contributed by atoms with Gasteiger partial charge in [-0.05, 0) is 45.7 Å². The average molecular weight is 290 g/mol. The Morgan fingerprint density at radius 1 is 1.33 bits per heavy atom. The molecule has 21 heavy (non-hydrogen) atoms. The van der Waals surface area contributed by atoms with E-state index in [0.29, 0.717) is 11.6 Å². The second-order valence-corrected chi connectivity index (χ2v) is 7.21. The topological polar surface area (TPSA) is 33.1 Å². The Balaban J connectivity index is 1.76. The van der Waals surface area contributed by atoms with Crippen LogP contribution in [0.3, 0.4) is 0 Å². The van der Waals surface area contributed by atoms with Crippen LogP contribution in [0.4, 0.5) is 0 Å². The normalized spacial score (nSPS) is 26.9. The van der Waals surface area contributed by atoms with Crippen LogP contribution in [0, 0.1) is 6.92 Å². The third kappa shape index (κ3) is 3.32. The molecule has 0 amide bonds. The van der Waals surface area contributed by atoms with Crippen molar-refractivity contribution in [2.24, 2.45) is 7.05 Å². The average Bonchev–Trinajstić information content (AvgIpc) is 2.68. The Morgan fingerprint density at radius 2 is 2.10 bits per heavy atom. The van der Waals surface area contributed by atoms with Gasteiger partial charge in [0.1, 0.15) is 0 Å². The minimum absolute atomic E-state index is 0.372. The van der Waals surface area contributed by atoms with Gasteiger partial charge in [0.2, 0.25) is 0 Å². The molecule has 1 spiro atoms. The van der Waals surface area contributed by atoms with Gasteiger partial charge in [-0.2, -0.15) is 5.10 Å². The summed E-state index contributed by atoms with van der Waals surface area (Å²) in [5.41, 5.74) is 2.84. The predicted octanol–water partition coefficient (Wildman–Crippen LogP) is 2.62. The van der Waals surface area contributed by atoms with Crippen LogP contribution < -0.4 is 5.32 Å². The van der Waals surface area contributed by atoms with Gasteiger partial charge < -0.3 is 5.32 Å². The molecular weight excluding hydrogens is 260 g/mol. The Hall–Kier alpha value is -0.870. The molecule has 118 valence electrons. The van der Waals surface area contributed by atoms with E-state index < -0.39 is 0 Å². The van der Waals surface area contributed by atoms with Crippen LogP contribution in [0.1, 0.15) is 56.8 Å². The Bertz CT molecular complexity index is 473. The summed E-state index contributed by atoms with van der Waals surface area (Å²) in [5, 5.41) is 8.40. The first-order valence-corrected chi connectivity index (χ1v) is 8.57. The van der Waals surface area contributed by atoms with Crippen molar-refractivity contribution in [1.82, 2.24) is 20.0 Å². The summed E-state index contributed by atoms with van der Waals surface area (Å²) in [7, 11) is 2.07. The van der Waals surface area contributed by atoms with E-state index in [9.17, 15) is 0 Å². The number of aryl methyl sites for hydroxylation is 2. The molecule has 1 aromatic rings. The van der Waals surface area contributed by atoms with Crippen LogP contribution in [0.25, 0.3) is 0 Å². The largest absolute Gasteiger partial charge is 0.310 e. The first kappa shape index (κ1) is 15.0. The first-order valence-electron chi connectivity index (χ1n) is 8.57. The van der Waals surface area contributed by atoms with Crippen LogP contribution in [0.2, 0.25) is 0 Å². The number of nitrogens with one attached hydrogen (secondary N) is 1. The summed E-state index contributed by atoms with van der Waals surface area (Å²) in [6.07, 6.45) is 8.14. The lowest BCUT2D eigenvalue weighted by Crippen LogP contribution is -2.53. The molecule has 1 aliphatic heterocycles. The lowest BCUT2D eigenvalue weighted by molar-refractivity contribution is 0.129. The van der Waals surface area contributed by atoms with E-state index in [4.69, 9.17) is 0 Å². The highest BCUT2D eigenvalue weighted by molar-refractivity contribution is 5.09. The molecule has 0 bridgehead atoms. The van der Waals surface area contributed by atoms with Crippen molar-refractivity contribution in [3.63, 3.8) is 0 Å². The van der Waals surface area contributed by atoms with Crippen molar-refractivity contribution < 1.29 is 0 Å². The molecule has 2 aliphatic rings. The van der Waals surface area contributed by atoms with Gasteiger partial charge in [-0.1, -0.05) is 19.3 Å². The summed E-state index contributed by atoms with van der Waals surface area (Å²) in [6, 6.07) is 2.88. The van der Waals surface area contributed by atoms with Crippen molar-refractivity contribution in [2.75, 3.05) is 13.1 Å². The van der Waals surface area contributed by atoms with Gasteiger partial charge in [-0.25, -0.2) is 0 Å². The molecule has 3 rings (SSSR count). The number of nitrogens with zero attached hydrogens (tertiary/aromatic N) is 3. The van der Waals surface area contributed by atoms with Crippen LogP contribution in [-0.4, -0.2) is 39.4 Å². The van der Waals surface area contributed by atoms with Crippen molar-refractivity contribution in [2.45, 2.75) is 70.5 Å². The van der Waals surface area contributed by atoms with Crippen LogP contribution >= 0.6 is 0 Å².